The van der Waals surface area contributed by atoms with Crippen molar-refractivity contribution in [3.05, 3.63) is 108 Å². The fourth-order valence-electron chi connectivity index (χ4n) is 5.01. The van der Waals surface area contributed by atoms with E-state index in [4.69, 9.17) is 10.5 Å². The number of hydrogen-bond acceptors (Lipinski definition) is 6. The normalized spacial score (nSPS) is 14.7. The third-order valence-corrected chi connectivity index (χ3v) is 7.09. The van der Waals surface area contributed by atoms with Gasteiger partial charge in [0.05, 0.1) is 12.6 Å². The number of hydrogen-bond donors (Lipinski definition) is 5. The molecule has 0 saturated carbocycles. The summed E-state index contributed by atoms with van der Waals surface area (Å²) in [6.07, 6.45) is -0.483. The van der Waals surface area contributed by atoms with E-state index in [1.165, 1.54) is 7.11 Å². The standard InChI is InChI=1S/C31H33N4O6/c1-41-24-13-11-20(12-14-24)15-25(34-27(37)16-26(32)36)29(39)35-31(17-22-9-5-6-10-23(22)18-31)28(38)30(40)33-19-21-7-3-2-4-8-21/h2-14,16,25,28,38H,15,17-19H2,1H3,(H2,32,36)(H,33,40)(H,34,37)(H,35,39)/t25-,28+/m0/s1. The second-order valence-electron chi connectivity index (χ2n) is 10.0. The first-order valence-corrected chi connectivity index (χ1v) is 13.2. The molecule has 0 aliphatic heterocycles. The average molecular weight is 558 g/mol. The molecule has 0 fully saturated rings. The Kier molecular flexibility index (Phi) is 9.36. The maximum atomic E-state index is 13.8. The molecule has 6 N–H and O–H groups in total. The van der Waals surface area contributed by atoms with Crippen molar-refractivity contribution < 1.29 is 29.0 Å². The lowest BCUT2D eigenvalue weighted by molar-refractivity contribution is -0.138. The van der Waals surface area contributed by atoms with Crippen LogP contribution in [0.15, 0.2) is 78.9 Å². The summed E-state index contributed by atoms with van der Waals surface area (Å²) < 4.78 is 5.19. The zero-order valence-electron chi connectivity index (χ0n) is 22.6. The van der Waals surface area contributed by atoms with Crippen molar-refractivity contribution in [2.24, 2.45) is 5.73 Å². The molecule has 0 bridgehead atoms. The Bertz CT molecular complexity index is 1370. The number of nitrogens with two attached hydrogens (primary N) is 1. The summed E-state index contributed by atoms with van der Waals surface area (Å²) in [4.78, 5) is 50.7. The molecule has 3 aromatic carbocycles. The molecule has 0 spiro atoms. The van der Waals surface area contributed by atoms with Crippen LogP contribution in [0.1, 0.15) is 22.3 Å². The zero-order chi connectivity index (χ0) is 29.4. The highest BCUT2D eigenvalue weighted by Gasteiger charge is 2.48. The van der Waals surface area contributed by atoms with Crippen LogP contribution in [0, 0.1) is 6.42 Å². The van der Waals surface area contributed by atoms with Gasteiger partial charge in [0, 0.05) is 13.0 Å². The number of primary amides is 1. The molecule has 1 aliphatic carbocycles. The molecular weight excluding hydrogens is 524 g/mol. The average Bonchev–Trinajstić information content (AvgIpc) is 3.34. The fraction of sp³-hybridized carbons (Fsp3) is 0.258. The van der Waals surface area contributed by atoms with Crippen molar-refractivity contribution in [1.29, 1.82) is 0 Å². The Balaban J connectivity index is 1.58. The minimum Gasteiger partial charge on any atom is -0.497 e. The molecule has 213 valence electrons. The van der Waals surface area contributed by atoms with Gasteiger partial charge in [-0.1, -0.05) is 66.7 Å². The number of aliphatic hydroxyl groups is 1. The van der Waals surface area contributed by atoms with Crippen molar-refractivity contribution >= 4 is 23.6 Å². The van der Waals surface area contributed by atoms with E-state index >= 15 is 0 Å². The van der Waals surface area contributed by atoms with Crippen molar-refractivity contribution in [2.75, 3.05) is 7.11 Å². The second kappa shape index (κ2) is 13.1. The lowest BCUT2D eigenvalue weighted by Crippen LogP contribution is -2.65. The zero-order valence-corrected chi connectivity index (χ0v) is 22.6. The molecular formula is C31H33N4O6. The third kappa shape index (κ3) is 7.49. The van der Waals surface area contributed by atoms with E-state index < -0.39 is 41.3 Å². The van der Waals surface area contributed by atoms with E-state index in [1.54, 1.807) is 24.3 Å². The van der Waals surface area contributed by atoms with Gasteiger partial charge in [-0.15, -0.1) is 0 Å². The number of aliphatic hydroxyl groups excluding tert-OH is 1. The number of benzene rings is 3. The van der Waals surface area contributed by atoms with E-state index in [2.05, 4.69) is 16.0 Å². The van der Waals surface area contributed by atoms with Gasteiger partial charge in [-0.05, 0) is 47.2 Å². The molecule has 0 aromatic heterocycles. The van der Waals surface area contributed by atoms with Crippen LogP contribution >= 0.6 is 0 Å². The Hall–Kier alpha value is -4.70. The molecule has 1 aliphatic rings. The number of fused-ring (bicyclic) bond motifs is 1. The van der Waals surface area contributed by atoms with Gasteiger partial charge in [0.25, 0.3) is 5.91 Å². The van der Waals surface area contributed by atoms with Gasteiger partial charge in [0.2, 0.25) is 17.7 Å². The van der Waals surface area contributed by atoms with Crippen molar-refractivity contribution in [3.8, 4) is 5.75 Å². The van der Waals surface area contributed by atoms with Crippen molar-refractivity contribution in [3.63, 3.8) is 0 Å². The van der Waals surface area contributed by atoms with E-state index in [0.29, 0.717) is 17.7 Å². The highest BCUT2D eigenvalue weighted by Crippen LogP contribution is 2.33. The topological polar surface area (TPSA) is 160 Å². The Morgan fingerprint density at radius 2 is 1.51 bits per heavy atom. The lowest BCUT2D eigenvalue weighted by atomic mass is 9.87. The predicted octanol–water partition coefficient (Wildman–Crippen LogP) is 0.743. The molecule has 10 nitrogen and oxygen atoms in total. The first-order valence-electron chi connectivity index (χ1n) is 13.2. The van der Waals surface area contributed by atoms with Gasteiger partial charge in [0.15, 0.2) is 6.10 Å². The third-order valence-electron chi connectivity index (χ3n) is 7.09. The van der Waals surface area contributed by atoms with Gasteiger partial charge in [-0.3, -0.25) is 19.2 Å². The summed E-state index contributed by atoms with van der Waals surface area (Å²) in [5, 5.41) is 19.6. The fourth-order valence-corrected chi connectivity index (χ4v) is 5.01. The number of carbonyl (C=O) groups is 4. The highest BCUT2D eigenvalue weighted by molar-refractivity contribution is 6.08. The minimum atomic E-state index is -1.60. The largest absolute Gasteiger partial charge is 0.497 e. The van der Waals surface area contributed by atoms with E-state index in [0.717, 1.165) is 16.7 Å². The summed E-state index contributed by atoms with van der Waals surface area (Å²) in [5.74, 6) is -2.45. The van der Waals surface area contributed by atoms with Crippen molar-refractivity contribution in [2.45, 2.75) is 43.5 Å². The van der Waals surface area contributed by atoms with Gasteiger partial charge in [0.1, 0.15) is 18.2 Å². The maximum Gasteiger partial charge on any atom is 0.251 e. The number of carbonyl (C=O) groups excluding carboxylic acids is 4. The van der Waals surface area contributed by atoms with Crippen LogP contribution in [0.3, 0.4) is 0 Å². The number of amides is 4. The number of rotatable bonds is 12. The smallest absolute Gasteiger partial charge is 0.251 e. The quantitative estimate of drug-likeness (QED) is 0.207. The van der Waals surface area contributed by atoms with Crippen LogP contribution in [0.2, 0.25) is 0 Å². The van der Waals surface area contributed by atoms with Gasteiger partial charge in [-0.2, -0.15) is 0 Å². The van der Waals surface area contributed by atoms with E-state index in [1.807, 2.05) is 54.6 Å². The van der Waals surface area contributed by atoms with Crippen LogP contribution in [0.5, 0.6) is 5.75 Å². The van der Waals surface area contributed by atoms with Crippen LogP contribution in [0.25, 0.3) is 0 Å². The summed E-state index contributed by atoms with van der Waals surface area (Å²) in [5.41, 5.74) is 7.09. The van der Waals surface area contributed by atoms with Crippen LogP contribution in [-0.4, -0.2) is 53.5 Å². The number of ether oxygens (including phenoxy) is 1. The van der Waals surface area contributed by atoms with E-state index in [-0.39, 0.29) is 25.8 Å². The monoisotopic (exact) mass is 557 g/mol. The summed E-state index contributed by atoms with van der Waals surface area (Å²) in [6, 6.07) is 22.5. The second-order valence-corrected chi connectivity index (χ2v) is 10.0. The molecule has 1 radical (unpaired) electrons. The summed E-state index contributed by atoms with van der Waals surface area (Å²) in [6.45, 7) is 0.201. The van der Waals surface area contributed by atoms with Gasteiger partial charge >= 0.3 is 0 Å². The predicted molar refractivity (Wildman–Crippen MR) is 151 cm³/mol. The molecule has 0 saturated heterocycles. The highest BCUT2D eigenvalue weighted by atomic mass is 16.5. The Morgan fingerprint density at radius 3 is 2.10 bits per heavy atom. The van der Waals surface area contributed by atoms with Crippen molar-refractivity contribution in [1.82, 2.24) is 16.0 Å². The molecule has 0 unspecified atom stereocenters. The van der Waals surface area contributed by atoms with Crippen LogP contribution in [0.4, 0.5) is 0 Å². The number of nitrogens with one attached hydrogen (secondary N) is 3. The molecule has 4 amide bonds. The molecule has 4 rings (SSSR count). The minimum absolute atomic E-state index is 0.0630. The van der Waals surface area contributed by atoms with E-state index in [9.17, 15) is 24.3 Å². The lowest BCUT2D eigenvalue weighted by Gasteiger charge is -2.36. The first kappa shape index (κ1) is 29.3. The summed E-state index contributed by atoms with van der Waals surface area (Å²) in [7, 11) is 1.53. The van der Waals surface area contributed by atoms with Crippen LogP contribution in [-0.2, 0) is 45.0 Å². The Morgan fingerprint density at radius 1 is 0.902 bits per heavy atom. The molecule has 3 aromatic rings. The van der Waals surface area contributed by atoms with Gasteiger partial charge in [-0.25, -0.2) is 0 Å². The Labute approximate surface area is 238 Å². The maximum absolute atomic E-state index is 13.8. The SMILES string of the molecule is COc1ccc(C[C@H](NC(=O)[CH]C(N)=O)C(=O)NC2([C@H](O)C(=O)NCc3ccccc3)Cc3ccccc3C2)cc1. The molecule has 41 heavy (non-hydrogen) atoms. The molecule has 10 heteroatoms. The summed E-state index contributed by atoms with van der Waals surface area (Å²) >= 11 is 0. The van der Waals surface area contributed by atoms with Crippen LogP contribution < -0.4 is 26.4 Å². The number of methoxy groups -OCH3 is 1. The molecule has 2 atom stereocenters. The van der Waals surface area contributed by atoms with Gasteiger partial charge < -0.3 is 31.5 Å². The molecule has 0 heterocycles. The first-order chi connectivity index (χ1) is 19.7.